The average molecular weight is 304 g/mol. The zero-order valence-corrected chi connectivity index (χ0v) is 11.9. The molecule has 1 fully saturated rings. The van der Waals surface area contributed by atoms with E-state index in [2.05, 4.69) is 0 Å². The van der Waals surface area contributed by atoms with Crippen LogP contribution in [0.25, 0.3) is 0 Å². The number of aliphatic carboxylic acids is 1. The van der Waals surface area contributed by atoms with Gasteiger partial charge in [0, 0.05) is 11.6 Å². The van der Waals surface area contributed by atoms with Crippen molar-refractivity contribution >= 4 is 27.6 Å². The topological polar surface area (TPSA) is 74.7 Å². The van der Waals surface area contributed by atoms with Crippen LogP contribution >= 0.6 is 11.6 Å². The van der Waals surface area contributed by atoms with Crippen molar-refractivity contribution in [2.45, 2.75) is 30.2 Å². The fourth-order valence-corrected chi connectivity index (χ4v) is 4.05. The van der Waals surface area contributed by atoms with E-state index in [1.807, 2.05) is 0 Å². The molecule has 0 unspecified atom stereocenters. The van der Waals surface area contributed by atoms with Crippen LogP contribution in [-0.4, -0.2) is 35.9 Å². The summed E-state index contributed by atoms with van der Waals surface area (Å²) in [7, 11) is -3.81. The van der Waals surface area contributed by atoms with Crippen LogP contribution in [0.2, 0.25) is 5.02 Å². The van der Waals surface area contributed by atoms with Gasteiger partial charge in [-0.1, -0.05) is 18.5 Å². The van der Waals surface area contributed by atoms with Gasteiger partial charge in [0.2, 0.25) is 10.0 Å². The summed E-state index contributed by atoms with van der Waals surface area (Å²) in [6.45, 7) is 1.76. The Labute approximate surface area is 116 Å². The van der Waals surface area contributed by atoms with Gasteiger partial charge in [-0.2, -0.15) is 4.31 Å². The molecule has 5 nitrogen and oxygen atoms in total. The lowest BCUT2D eigenvalue weighted by Crippen LogP contribution is -2.47. The molecular formula is C12H14ClNO4S. The Bertz CT molecular complexity index is 593. The second-order valence-electron chi connectivity index (χ2n) is 4.46. The quantitative estimate of drug-likeness (QED) is 0.902. The normalized spacial score (nSPS) is 17.4. The number of carboxylic acids is 1. The molecule has 0 heterocycles. The number of sulfonamides is 1. The van der Waals surface area contributed by atoms with Gasteiger partial charge in [0.15, 0.2) is 0 Å². The van der Waals surface area contributed by atoms with Gasteiger partial charge in [0.25, 0.3) is 0 Å². The number of nitrogens with zero attached hydrogens (tertiary/aromatic N) is 1. The van der Waals surface area contributed by atoms with E-state index in [0.717, 1.165) is 4.31 Å². The average Bonchev–Trinajstić information content (AvgIpc) is 3.11. The van der Waals surface area contributed by atoms with E-state index in [0.29, 0.717) is 17.9 Å². The van der Waals surface area contributed by atoms with Crippen LogP contribution < -0.4 is 0 Å². The molecule has 104 valence electrons. The molecule has 0 aliphatic heterocycles. The molecular weight excluding hydrogens is 290 g/mol. The second-order valence-corrected chi connectivity index (χ2v) is 6.76. The Morgan fingerprint density at radius 3 is 2.26 bits per heavy atom. The highest BCUT2D eigenvalue weighted by Crippen LogP contribution is 2.44. The molecule has 0 radical (unpaired) electrons. The first-order chi connectivity index (χ1) is 8.84. The molecule has 0 saturated heterocycles. The number of hydrogen-bond donors (Lipinski definition) is 1. The van der Waals surface area contributed by atoms with Crippen molar-refractivity contribution in [3.63, 3.8) is 0 Å². The summed E-state index contributed by atoms with van der Waals surface area (Å²) in [6.07, 6.45) is 0.700. The van der Waals surface area contributed by atoms with Crippen molar-refractivity contribution < 1.29 is 18.3 Å². The number of carboxylic acid groups (broad SMARTS) is 1. The molecule has 0 atom stereocenters. The highest BCUT2D eigenvalue weighted by atomic mass is 35.5. The Morgan fingerprint density at radius 2 is 1.89 bits per heavy atom. The monoisotopic (exact) mass is 303 g/mol. The first-order valence-corrected chi connectivity index (χ1v) is 7.68. The van der Waals surface area contributed by atoms with E-state index in [4.69, 9.17) is 11.6 Å². The first-order valence-electron chi connectivity index (χ1n) is 5.86. The minimum Gasteiger partial charge on any atom is -0.480 e. The lowest BCUT2D eigenvalue weighted by atomic mass is 10.3. The maximum atomic E-state index is 12.5. The molecule has 0 spiro atoms. The lowest BCUT2D eigenvalue weighted by molar-refractivity contribution is -0.143. The van der Waals surface area contributed by atoms with Crippen LogP contribution in [-0.2, 0) is 14.8 Å². The van der Waals surface area contributed by atoms with Crippen molar-refractivity contribution in [1.82, 2.24) is 4.31 Å². The molecule has 7 heteroatoms. The Balaban J connectivity index is 2.43. The Hall–Kier alpha value is -1.11. The summed E-state index contributed by atoms with van der Waals surface area (Å²) in [6, 6.07) is 5.72. The van der Waals surface area contributed by atoms with E-state index < -0.39 is 21.5 Å². The van der Waals surface area contributed by atoms with Crippen molar-refractivity contribution in [3.05, 3.63) is 29.3 Å². The van der Waals surface area contributed by atoms with Crippen LogP contribution in [0.5, 0.6) is 0 Å². The predicted octanol–water partition coefficient (Wildman–Crippen LogP) is 1.97. The molecule has 19 heavy (non-hydrogen) atoms. The summed E-state index contributed by atoms with van der Waals surface area (Å²) in [5.74, 6) is -1.09. The molecule has 0 aromatic heterocycles. The molecule has 1 aromatic rings. The highest BCUT2D eigenvalue weighted by molar-refractivity contribution is 7.89. The van der Waals surface area contributed by atoms with E-state index in [1.54, 1.807) is 6.92 Å². The van der Waals surface area contributed by atoms with E-state index in [9.17, 15) is 18.3 Å². The van der Waals surface area contributed by atoms with Crippen LogP contribution in [0.1, 0.15) is 19.8 Å². The van der Waals surface area contributed by atoms with E-state index >= 15 is 0 Å². The summed E-state index contributed by atoms with van der Waals surface area (Å²) in [4.78, 5) is 11.4. The van der Waals surface area contributed by atoms with Crippen LogP contribution in [0.4, 0.5) is 0 Å². The molecule has 1 aliphatic carbocycles. The fourth-order valence-electron chi connectivity index (χ4n) is 2.12. The highest BCUT2D eigenvalue weighted by Gasteiger charge is 2.58. The molecule has 0 amide bonds. The van der Waals surface area contributed by atoms with Gasteiger partial charge in [-0.25, -0.2) is 8.42 Å². The molecule has 1 saturated carbocycles. The standard InChI is InChI=1S/C12H14ClNO4S/c1-2-14(12(7-8-12)11(15)16)19(17,18)10-5-3-9(13)4-6-10/h3-6H,2,7-8H2,1H3,(H,15,16). The third-order valence-electron chi connectivity index (χ3n) is 3.29. The van der Waals surface area contributed by atoms with Gasteiger partial charge in [-0.3, -0.25) is 4.79 Å². The zero-order chi connectivity index (χ0) is 14.3. The number of likely N-dealkylation sites (N-methyl/N-ethyl adjacent to an activating group) is 1. The number of benzene rings is 1. The predicted molar refractivity (Wildman–Crippen MR) is 70.6 cm³/mol. The summed E-state index contributed by atoms with van der Waals surface area (Å²) in [5.41, 5.74) is -1.27. The number of hydrogen-bond acceptors (Lipinski definition) is 3. The van der Waals surface area contributed by atoms with Gasteiger partial charge in [0.05, 0.1) is 4.90 Å². The molecule has 1 N–H and O–H groups in total. The van der Waals surface area contributed by atoms with Crippen molar-refractivity contribution in [2.24, 2.45) is 0 Å². The summed E-state index contributed by atoms with van der Waals surface area (Å²) >= 11 is 5.73. The second kappa shape index (κ2) is 4.77. The number of halogens is 1. The maximum Gasteiger partial charge on any atom is 0.325 e. The maximum absolute atomic E-state index is 12.5. The number of rotatable bonds is 5. The van der Waals surface area contributed by atoms with Crippen LogP contribution in [0, 0.1) is 0 Å². The zero-order valence-electron chi connectivity index (χ0n) is 10.3. The van der Waals surface area contributed by atoms with E-state index in [1.165, 1.54) is 24.3 Å². The van der Waals surface area contributed by atoms with Crippen LogP contribution in [0.3, 0.4) is 0 Å². The largest absolute Gasteiger partial charge is 0.480 e. The van der Waals surface area contributed by atoms with Crippen molar-refractivity contribution in [1.29, 1.82) is 0 Å². The summed E-state index contributed by atoms with van der Waals surface area (Å²) < 4.78 is 26.0. The van der Waals surface area contributed by atoms with Gasteiger partial charge in [-0.05, 0) is 37.1 Å². The molecule has 1 aromatic carbocycles. The number of carbonyl (C=O) groups is 1. The lowest BCUT2D eigenvalue weighted by Gasteiger charge is -2.26. The third-order valence-corrected chi connectivity index (χ3v) is 5.60. The first kappa shape index (κ1) is 14.3. The van der Waals surface area contributed by atoms with Gasteiger partial charge >= 0.3 is 5.97 Å². The van der Waals surface area contributed by atoms with Gasteiger partial charge < -0.3 is 5.11 Å². The fraction of sp³-hybridized carbons (Fsp3) is 0.417. The van der Waals surface area contributed by atoms with Crippen molar-refractivity contribution in [2.75, 3.05) is 6.54 Å². The molecule has 2 rings (SSSR count). The minimum atomic E-state index is -3.81. The Kier molecular flexibility index (Phi) is 3.59. The molecule has 0 bridgehead atoms. The minimum absolute atomic E-state index is 0.0614. The van der Waals surface area contributed by atoms with Gasteiger partial charge in [-0.15, -0.1) is 0 Å². The Morgan fingerprint density at radius 1 is 1.37 bits per heavy atom. The van der Waals surface area contributed by atoms with Crippen molar-refractivity contribution in [3.8, 4) is 0 Å². The molecule has 1 aliphatic rings. The summed E-state index contributed by atoms with van der Waals surface area (Å²) in [5, 5.41) is 9.66. The van der Waals surface area contributed by atoms with Crippen LogP contribution in [0.15, 0.2) is 29.2 Å². The third kappa shape index (κ3) is 2.35. The van der Waals surface area contributed by atoms with Gasteiger partial charge in [0.1, 0.15) is 5.54 Å². The smallest absolute Gasteiger partial charge is 0.325 e. The SMILES string of the molecule is CCN(C1(C(=O)O)CC1)S(=O)(=O)c1ccc(Cl)cc1. The van der Waals surface area contributed by atoms with E-state index in [-0.39, 0.29) is 11.4 Å².